The molecule has 232 valence electrons. The maximum Gasteiger partial charge on any atom is 0.262 e. The van der Waals surface area contributed by atoms with E-state index in [4.69, 9.17) is 18.9 Å². The minimum Gasteiger partial charge on any atom is -0.497 e. The second-order valence-electron chi connectivity index (χ2n) is 10.5. The topological polar surface area (TPSA) is 93.1 Å². The lowest BCUT2D eigenvalue weighted by atomic mass is 9.97. The molecule has 0 radical (unpaired) electrons. The third kappa shape index (κ3) is 7.00. The second-order valence-corrected chi connectivity index (χ2v) is 10.5. The van der Waals surface area contributed by atoms with Gasteiger partial charge in [0.15, 0.2) is 0 Å². The maximum atomic E-state index is 14.9. The van der Waals surface area contributed by atoms with Crippen LogP contribution in [0.3, 0.4) is 0 Å². The number of benzene rings is 3. The van der Waals surface area contributed by atoms with Crippen molar-refractivity contribution in [3.8, 4) is 17.2 Å². The first-order valence-electron chi connectivity index (χ1n) is 14.5. The van der Waals surface area contributed by atoms with Gasteiger partial charge in [-0.2, -0.15) is 5.10 Å². The number of hydrazone groups is 1. The Bertz CT molecular complexity index is 1490. The molecule has 1 saturated heterocycles. The first kappa shape index (κ1) is 31.0. The molecule has 0 saturated carbocycles. The van der Waals surface area contributed by atoms with E-state index in [1.54, 1.807) is 82.0 Å². The highest BCUT2D eigenvalue weighted by Crippen LogP contribution is 2.39. The number of morpholine rings is 1. The van der Waals surface area contributed by atoms with Crippen molar-refractivity contribution in [3.05, 3.63) is 89.2 Å². The smallest absolute Gasteiger partial charge is 0.262 e. The molecule has 0 spiro atoms. The van der Waals surface area contributed by atoms with E-state index in [0.717, 1.165) is 13.1 Å². The fraction of sp³-hybridized carbons (Fsp3) is 0.364. The first-order valence-corrected chi connectivity index (χ1v) is 14.5. The van der Waals surface area contributed by atoms with Gasteiger partial charge in [0.05, 0.1) is 46.3 Å². The number of nitrogens with zero attached hydrogens (tertiary/aromatic N) is 4. The van der Waals surface area contributed by atoms with Gasteiger partial charge in [0.25, 0.3) is 11.8 Å². The summed E-state index contributed by atoms with van der Waals surface area (Å²) in [7, 11) is 4.66. The van der Waals surface area contributed by atoms with Crippen molar-refractivity contribution in [2.24, 2.45) is 5.10 Å². The average Bonchev–Trinajstić information content (AvgIpc) is 3.52. The van der Waals surface area contributed by atoms with E-state index in [1.807, 2.05) is 0 Å². The Morgan fingerprint density at radius 3 is 2.34 bits per heavy atom. The van der Waals surface area contributed by atoms with Crippen molar-refractivity contribution in [1.82, 2.24) is 14.8 Å². The molecule has 0 aliphatic carbocycles. The zero-order chi connectivity index (χ0) is 31.1. The number of hydrogen-bond donors (Lipinski definition) is 0. The van der Waals surface area contributed by atoms with Crippen molar-refractivity contribution < 1.29 is 32.9 Å². The van der Waals surface area contributed by atoms with Crippen LogP contribution >= 0.6 is 0 Å². The Labute approximate surface area is 256 Å². The van der Waals surface area contributed by atoms with Crippen LogP contribution in [-0.4, -0.2) is 99.6 Å². The monoisotopic (exact) mass is 604 g/mol. The molecule has 0 bridgehead atoms. The van der Waals surface area contributed by atoms with Gasteiger partial charge in [0.2, 0.25) is 0 Å². The summed E-state index contributed by atoms with van der Waals surface area (Å²) in [5, 5.41) is 6.00. The summed E-state index contributed by atoms with van der Waals surface area (Å²) in [6, 6.07) is 17.9. The lowest BCUT2D eigenvalue weighted by Crippen LogP contribution is -2.46. The Morgan fingerprint density at radius 2 is 1.66 bits per heavy atom. The highest BCUT2D eigenvalue weighted by molar-refractivity contribution is 6.04. The molecule has 2 heterocycles. The molecule has 0 N–H and O–H groups in total. The fourth-order valence-electron chi connectivity index (χ4n) is 5.43. The summed E-state index contributed by atoms with van der Waals surface area (Å²) in [6.07, 6.45) is 0.246. The Hall–Kier alpha value is -4.48. The van der Waals surface area contributed by atoms with E-state index >= 15 is 0 Å². The van der Waals surface area contributed by atoms with Gasteiger partial charge in [-0.05, 0) is 48.5 Å². The molecule has 10 nitrogen and oxygen atoms in total. The van der Waals surface area contributed by atoms with Crippen molar-refractivity contribution in [1.29, 1.82) is 0 Å². The SMILES string of the molecule is COc1ccc(C(=O)N(CCN2CCOCC2)CC(=O)N2N=C(c3ccccc3F)CC2c2cc(OC)ccc2OC)cc1. The molecule has 44 heavy (non-hydrogen) atoms. The van der Waals surface area contributed by atoms with Crippen LogP contribution < -0.4 is 14.2 Å². The summed E-state index contributed by atoms with van der Waals surface area (Å²) in [5.41, 5.74) is 1.83. The molecule has 11 heteroatoms. The molecule has 1 unspecified atom stereocenters. The first-order chi connectivity index (χ1) is 21.4. The minimum absolute atomic E-state index is 0.230. The van der Waals surface area contributed by atoms with Gasteiger partial charge < -0.3 is 23.8 Å². The average molecular weight is 605 g/mol. The highest BCUT2D eigenvalue weighted by Gasteiger charge is 2.37. The number of carbonyl (C=O) groups is 2. The third-order valence-electron chi connectivity index (χ3n) is 7.89. The van der Waals surface area contributed by atoms with Crippen LogP contribution in [0.15, 0.2) is 71.8 Å². The molecule has 2 amide bonds. The maximum absolute atomic E-state index is 14.9. The summed E-state index contributed by atoms with van der Waals surface area (Å²) in [4.78, 5) is 31.7. The van der Waals surface area contributed by atoms with Gasteiger partial charge in [-0.15, -0.1) is 0 Å². The van der Waals surface area contributed by atoms with E-state index in [1.165, 1.54) is 16.0 Å². The van der Waals surface area contributed by atoms with Crippen LogP contribution in [0.2, 0.25) is 0 Å². The molecule has 3 aromatic carbocycles. The van der Waals surface area contributed by atoms with Crippen LogP contribution in [0, 0.1) is 5.82 Å². The Kier molecular flexibility index (Phi) is 10.1. The number of ether oxygens (including phenoxy) is 4. The number of halogens is 1. The summed E-state index contributed by atoms with van der Waals surface area (Å²) in [5.74, 6) is 0.613. The largest absolute Gasteiger partial charge is 0.497 e. The van der Waals surface area contributed by atoms with Gasteiger partial charge >= 0.3 is 0 Å². The highest BCUT2D eigenvalue weighted by atomic mass is 19.1. The van der Waals surface area contributed by atoms with E-state index in [-0.39, 0.29) is 18.9 Å². The van der Waals surface area contributed by atoms with Gasteiger partial charge in [-0.3, -0.25) is 14.5 Å². The number of rotatable bonds is 11. The predicted octanol–water partition coefficient (Wildman–Crippen LogP) is 4.00. The van der Waals surface area contributed by atoms with Crippen LogP contribution in [0.4, 0.5) is 4.39 Å². The zero-order valence-electron chi connectivity index (χ0n) is 25.2. The quantitative estimate of drug-likeness (QED) is 0.327. The standard InChI is InChI=1S/C33H37FN4O6/c1-41-24-10-8-23(9-11-24)33(40)37(15-14-36-16-18-44-19-17-36)22-32(39)38-30(27-20-25(42-2)12-13-31(27)43-3)21-29(35-38)26-6-4-5-7-28(26)34/h4-13,20,30H,14-19,21-22H2,1-3H3. The van der Waals surface area contributed by atoms with Gasteiger partial charge in [-0.25, -0.2) is 9.40 Å². The fourth-order valence-corrected chi connectivity index (χ4v) is 5.43. The van der Waals surface area contributed by atoms with E-state index in [9.17, 15) is 14.0 Å². The van der Waals surface area contributed by atoms with Crippen molar-refractivity contribution >= 4 is 17.5 Å². The number of amides is 2. The molecule has 2 aliphatic heterocycles. The summed E-state index contributed by atoms with van der Waals surface area (Å²) >= 11 is 0. The molecule has 2 aliphatic rings. The van der Waals surface area contributed by atoms with Gasteiger partial charge in [0, 0.05) is 49.3 Å². The normalized spacial score (nSPS) is 16.8. The number of methoxy groups -OCH3 is 3. The third-order valence-corrected chi connectivity index (χ3v) is 7.89. The lowest BCUT2D eigenvalue weighted by Gasteiger charge is -2.31. The zero-order valence-corrected chi connectivity index (χ0v) is 25.2. The molecule has 0 aromatic heterocycles. The molecule has 5 rings (SSSR count). The molecule has 1 fully saturated rings. The van der Waals surface area contributed by atoms with Crippen molar-refractivity contribution in [2.45, 2.75) is 12.5 Å². The van der Waals surface area contributed by atoms with Crippen molar-refractivity contribution in [2.75, 3.05) is 67.3 Å². The van der Waals surface area contributed by atoms with E-state index in [2.05, 4.69) is 10.0 Å². The predicted molar refractivity (Wildman–Crippen MR) is 163 cm³/mol. The molecular weight excluding hydrogens is 567 g/mol. The van der Waals surface area contributed by atoms with Crippen LogP contribution in [-0.2, 0) is 9.53 Å². The second kappa shape index (κ2) is 14.3. The molecule has 1 atom stereocenters. The van der Waals surface area contributed by atoms with E-state index in [0.29, 0.717) is 66.0 Å². The van der Waals surface area contributed by atoms with Gasteiger partial charge in [-0.1, -0.05) is 18.2 Å². The Morgan fingerprint density at radius 1 is 0.955 bits per heavy atom. The number of carbonyl (C=O) groups excluding carboxylic acids is 2. The number of hydrogen-bond acceptors (Lipinski definition) is 8. The minimum atomic E-state index is -0.612. The molecular formula is C33H37FN4O6. The summed E-state index contributed by atoms with van der Waals surface area (Å²) in [6.45, 7) is 3.41. The lowest BCUT2D eigenvalue weighted by molar-refractivity contribution is -0.133. The van der Waals surface area contributed by atoms with Crippen LogP contribution in [0.1, 0.15) is 33.9 Å². The van der Waals surface area contributed by atoms with Crippen LogP contribution in [0.5, 0.6) is 17.2 Å². The van der Waals surface area contributed by atoms with Crippen LogP contribution in [0.25, 0.3) is 0 Å². The molecule has 3 aromatic rings. The van der Waals surface area contributed by atoms with Gasteiger partial charge in [0.1, 0.15) is 29.6 Å². The Balaban J connectivity index is 1.47. The van der Waals surface area contributed by atoms with Crippen molar-refractivity contribution in [3.63, 3.8) is 0 Å². The summed E-state index contributed by atoms with van der Waals surface area (Å²) < 4.78 is 36.7. The van der Waals surface area contributed by atoms with E-state index < -0.39 is 17.8 Å².